The second kappa shape index (κ2) is 9.17. The minimum Gasteiger partial charge on any atom is -0.369 e. The Morgan fingerprint density at radius 1 is 1.07 bits per heavy atom. The molecular weight excluding hydrogens is 347 g/mol. The van der Waals surface area contributed by atoms with Gasteiger partial charge in [-0.3, -0.25) is 15.0 Å². The molecule has 7 heteroatoms. The third-order valence-corrected chi connectivity index (χ3v) is 5.61. The van der Waals surface area contributed by atoms with Gasteiger partial charge in [0.1, 0.15) is 5.82 Å². The number of imide groups is 1. The van der Waals surface area contributed by atoms with Gasteiger partial charge in [-0.2, -0.15) is 0 Å². The van der Waals surface area contributed by atoms with Gasteiger partial charge in [-0.25, -0.2) is 9.18 Å². The van der Waals surface area contributed by atoms with E-state index in [2.05, 4.69) is 22.5 Å². The third-order valence-electron chi connectivity index (χ3n) is 5.61. The van der Waals surface area contributed by atoms with Crippen LogP contribution in [0.2, 0.25) is 0 Å². The highest BCUT2D eigenvalue weighted by Gasteiger charge is 2.24. The summed E-state index contributed by atoms with van der Waals surface area (Å²) >= 11 is 0. The fourth-order valence-corrected chi connectivity index (χ4v) is 3.92. The topological polar surface area (TPSA) is 64.7 Å². The number of anilines is 1. The van der Waals surface area contributed by atoms with E-state index < -0.39 is 0 Å². The van der Waals surface area contributed by atoms with Crippen molar-refractivity contribution >= 4 is 17.6 Å². The van der Waals surface area contributed by atoms with E-state index in [1.54, 1.807) is 12.1 Å². The SMILES string of the molecule is CC1CCCCC1NC(=O)NC(=O)CN1CCN(c2ccc(F)cc2)CC1. The molecule has 1 aliphatic heterocycles. The van der Waals surface area contributed by atoms with Crippen LogP contribution >= 0.6 is 0 Å². The van der Waals surface area contributed by atoms with E-state index in [-0.39, 0.29) is 30.3 Å². The molecule has 0 radical (unpaired) electrons. The first-order valence-electron chi connectivity index (χ1n) is 9.84. The van der Waals surface area contributed by atoms with E-state index in [1.165, 1.54) is 18.6 Å². The maximum atomic E-state index is 13.0. The van der Waals surface area contributed by atoms with Crippen molar-refractivity contribution < 1.29 is 14.0 Å². The maximum Gasteiger partial charge on any atom is 0.321 e. The number of nitrogens with one attached hydrogen (secondary N) is 2. The quantitative estimate of drug-likeness (QED) is 0.847. The molecule has 6 nitrogen and oxygen atoms in total. The summed E-state index contributed by atoms with van der Waals surface area (Å²) in [4.78, 5) is 28.4. The maximum absolute atomic E-state index is 13.0. The van der Waals surface area contributed by atoms with Crippen molar-refractivity contribution in [1.29, 1.82) is 0 Å². The summed E-state index contributed by atoms with van der Waals surface area (Å²) in [6.45, 7) is 5.35. The van der Waals surface area contributed by atoms with E-state index in [9.17, 15) is 14.0 Å². The summed E-state index contributed by atoms with van der Waals surface area (Å²) in [6.07, 6.45) is 4.44. The van der Waals surface area contributed by atoms with Crippen LogP contribution in [0.4, 0.5) is 14.9 Å². The number of hydrogen-bond acceptors (Lipinski definition) is 4. The minimum atomic E-state index is -0.385. The Balaban J connectivity index is 1.38. The normalized spacial score (nSPS) is 23.7. The first kappa shape index (κ1) is 19.6. The monoisotopic (exact) mass is 376 g/mol. The average molecular weight is 376 g/mol. The number of rotatable bonds is 4. The Morgan fingerprint density at radius 2 is 1.74 bits per heavy atom. The van der Waals surface area contributed by atoms with Gasteiger partial charge in [0, 0.05) is 37.9 Å². The number of halogens is 1. The highest BCUT2D eigenvalue weighted by atomic mass is 19.1. The number of piperazine rings is 1. The molecule has 148 valence electrons. The van der Waals surface area contributed by atoms with Gasteiger partial charge in [-0.05, 0) is 43.0 Å². The summed E-state index contributed by atoms with van der Waals surface area (Å²) in [6, 6.07) is 6.24. The van der Waals surface area contributed by atoms with E-state index in [1.807, 2.05) is 4.90 Å². The Morgan fingerprint density at radius 3 is 2.41 bits per heavy atom. The number of amides is 3. The predicted octanol–water partition coefficient (Wildman–Crippen LogP) is 2.35. The average Bonchev–Trinajstić information content (AvgIpc) is 2.65. The molecule has 1 aromatic rings. The van der Waals surface area contributed by atoms with Crippen LogP contribution in [-0.4, -0.2) is 55.6 Å². The standard InChI is InChI=1S/C20H29FN4O2/c1-15-4-2-3-5-18(15)22-20(27)23-19(26)14-24-10-12-25(13-11-24)17-8-6-16(21)7-9-17/h6-9,15,18H,2-5,10-14H2,1H3,(H2,22,23,26,27). The highest BCUT2D eigenvalue weighted by molar-refractivity contribution is 5.95. The van der Waals surface area contributed by atoms with Gasteiger partial charge in [0.2, 0.25) is 5.91 Å². The molecule has 1 saturated carbocycles. The molecule has 2 atom stereocenters. The highest BCUT2D eigenvalue weighted by Crippen LogP contribution is 2.23. The van der Waals surface area contributed by atoms with Gasteiger partial charge in [0.05, 0.1) is 6.54 Å². The lowest BCUT2D eigenvalue weighted by atomic mass is 9.86. The molecule has 2 aliphatic rings. The molecule has 0 aromatic heterocycles. The molecule has 1 aromatic carbocycles. The summed E-state index contributed by atoms with van der Waals surface area (Å²) in [5.41, 5.74) is 0.987. The summed E-state index contributed by atoms with van der Waals surface area (Å²) < 4.78 is 13.0. The van der Waals surface area contributed by atoms with Crippen LogP contribution in [0.1, 0.15) is 32.6 Å². The molecule has 0 spiro atoms. The van der Waals surface area contributed by atoms with Crippen LogP contribution < -0.4 is 15.5 Å². The summed E-state index contributed by atoms with van der Waals surface area (Å²) in [5, 5.41) is 5.40. The molecule has 3 amide bonds. The number of nitrogens with zero attached hydrogens (tertiary/aromatic N) is 2. The molecule has 0 bridgehead atoms. The Bertz CT molecular complexity index is 644. The van der Waals surface area contributed by atoms with Crippen molar-refractivity contribution in [2.24, 2.45) is 5.92 Å². The number of urea groups is 1. The fourth-order valence-electron chi connectivity index (χ4n) is 3.92. The number of benzene rings is 1. The van der Waals surface area contributed by atoms with Crippen LogP contribution in [-0.2, 0) is 4.79 Å². The van der Waals surface area contributed by atoms with Crippen LogP contribution in [0.15, 0.2) is 24.3 Å². The zero-order chi connectivity index (χ0) is 19.2. The van der Waals surface area contributed by atoms with Crippen molar-refractivity contribution in [3.8, 4) is 0 Å². The molecule has 1 heterocycles. The fraction of sp³-hybridized carbons (Fsp3) is 0.600. The third kappa shape index (κ3) is 5.66. The summed E-state index contributed by atoms with van der Waals surface area (Å²) in [5.74, 6) is -0.0553. The molecule has 1 aliphatic carbocycles. The number of hydrogen-bond donors (Lipinski definition) is 2. The van der Waals surface area contributed by atoms with Crippen molar-refractivity contribution in [2.45, 2.75) is 38.6 Å². The largest absolute Gasteiger partial charge is 0.369 e. The van der Waals surface area contributed by atoms with Gasteiger partial charge in [0.25, 0.3) is 0 Å². The molecule has 3 rings (SSSR count). The van der Waals surface area contributed by atoms with Crippen molar-refractivity contribution in [3.05, 3.63) is 30.1 Å². The van der Waals surface area contributed by atoms with Gasteiger partial charge in [-0.1, -0.05) is 19.8 Å². The van der Waals surface area contributed by atoms with Gasteiger partial charge < -0.3 is 10.2 Å². The molecule has 2 fully saturated rings. The zero-order valence-electron chi connectivity index (χ0n) is 15.9. The molecule has 1 saturated heterocycles. The second-order valence-corrected chi connectivity index (χ2v) is 7.63. The Hall–Kier alpha value is -2.15. The minimum absolute atomic E-state index is 0.158. The first-order chi connectivity index (χ1) is 13.0. The van der Waals surface area contributed by atoms with Crippen molar-refractivity contribution in [3.63, 3.8) is 0 Å². The van der Waals surface area contributed by atoms with E-state index in [0.717, 1.165) is 51.1 Å². The molecule has 2 N–H and O–H groups in total. The smallest absolute Gasteiger partial charge is 0.321 e. The Kier molecular flexibility index (Phi) is 6.66. The zero-order valence-corrected chi connectivity index (χ0v) is 15.9. The first-order valence-corrected chi connectivity index (χ1v) is 9.84. The van der Waals surface area contributed by atoms with Gasteiger partial charge in [-0.15, -0.1) is 0 Å². The summed E-state index contributed by atoms with van der Waals surface area (Å²) in [7, 11) is 0. The lowest BCUT2D eigenvalue weighted by molar-refractivity contribution is -0.121. The van der Waals surface area contributed by atoms with Gasteiger partial charge in [0.15, 0.2) is 0 Å². The molecular formula is C20H29FN4O2. The van der Waals surface area contributed by atoms with Crippen LogP contribution in [0.25, 0.3) is 0 Å². The number of carbonyl (C=O) groups excluding carboxylic acids is 2. The van der Waals surface area contributed by atoms with E-state index >= 15 is 0 Å². The number of carbonyl (C=O) groups is 2. The lowest BCUT2D eigenvalue weighted by Gasteiger charge is -2.35. The van der Waals surface area contributed by atoms with E-state index in [0.29, 0.717) is 5.92 Å². The predicted molar refractivity (Wildman–Crippen MR) is 103 cm³/mol. The van der Waals surface area contributed by atoms with Crippen LogP contribution in [0.3, 0.4) is 0 Å². The molecule has 27 heavy (non-hydrogen) atoms. The Labute approximate surface area is 160 Å². The second-order valence-electron chi connectivity index (χ2n) is 7.63. The van der Waals surface area contributed by atoms with Crippen LogP contribution in [0.5, 0.6) is 0 Å². The van der Waals surface area contributed by atoms with Gasteiger partial charge >= 0.3 is 6.03 Å². The molecule has 2 unspecified atom stereocenters. The van der Waals surface area contributed by atoms with Crippen molar-refractivity contribution in [1.82, 2.24) is 15.5 Å². The van der Waals surface area contributed by atoms with Crippen LogP contribution in [0, 0.1) is 11.7 Å². The van der Waals surface area contributed by atoms with E-state index in [4.69, 9.17) is 0 Å². The van der Waals surface area contributed by atoms with Crippen molar-refractivity contribution in [2.75, 3.05) is 37.6 Å². The lowest BCUT2D eigenvalue weighted by Crippen LogP contribution is -2.52.